The monoisotopic (exact) mass is 251 g/mol. The lowest BCUT2D eigenvalue weighted by molar-refractivity contribution is -0.145. The molecule has 5 heteroatoms. The summed E-state index contributed by atoms with van der Waals surface area (Å²) in [6.45, 7) is 0. The maximum absolute atomic E-state index is 13.4. The number of carbonyl (C=O) groups is 2. The number of para-hydroxylation sites is 1. The van der Waals surface area contributed by atoms with Gasteiger partial charge in [-0.05, 0) is 25.0 Å². The number of hydrogen-bond donors (Lipinski definition) is 2. The summed E-state index contributed by atoms with van der Waals surface area (Å²) in [6.07, 6.45) is 1.76. The molecule has 2 atom stereocenters. The van der Waals surface area contributed by atoms with Crippen molar-refractivity contribution < 1.29 is 19.1 Å². The largest absolute Gasteiger partial charge is 0.481 e. The maximum Gasteiger partial charge on any atom is 0.307 e. The first-order valence-electron chi connectivity index (χ1n) is 5.88. The first kappa shape index (κ1) is 12.5. The Kier molecular flexibility index (Phi) is 3.60. The third-order valence-corrected chi connectivity index (χ3v) is 3.30. The summed E-state index contributed by atoms with van der Waals surface area (Å²) in [5.41, 5.74) is 0.0959. The molecule has 1 aromatic rings. The fraction of sp³-hybridized carbons (Fsp3) is 0.385. The van der Waals surface area contributed by atoms with E-state index in [2.05, 4.69) is 5.32 Å². The molecule has 4 nitrogen and oxygen atoms in total. The molecule has 0 saturated heterocycles. The lowest BCUT2D eigenvalue weighted by Gasteiger charge is -2.15. The quantitative estimate of drug-likeness (QED) is 0.866. The average Bonchev–Trinajstić information content (AvgIpc) is 2.81. The van der Waals surface area contributed by atoms with E-state index in [0.29, 0.717) is 19.3 Å². The van der Waals surface area contributed by atoms with Crippen LogP contribution in [0, 0.1) is 17.7 Å². The second kappa shape index (κ2) is 5.16. The third-order valence-electron chi connectivity index (χ3n) is 3.30. The van der Waals surface area contributed by atoms with E-state index in [-0.39, 0.29) is 5.69 Å². The molecule has 2 rings (SSSR count). The molecule has 96 valence electrons. The third kappa shape index (κ3) is 2.50. The number of carboxylic acids is 1. The molecule has 0 heterocycles. The van der Waals surface area contributed by atoms with E-state index in [0.717, 1.165) is 0 Å². The molecule has 1 fully saturated rings. The van der Waals surface area contributed by atoms with E-state index in [1.165, 1.54) is 18.2 Å². The molecule has 1 aliphatic carbocycles. The van der Waals surface area contributed by atoms with Crippen molar-refractivity contribution >= 4 is 17.6 Å². The predicted molar refractivity (Wildman–Crippen MR) is 63.5 cm³/mol. The first-order chi connectivity index (χ1) is 8.59. The van der Waals surface area contributed by atoms with Crippen molar-refractivity contribution in [2.24, 2.45) is 11.8 Å². The smallest absolute Gasteiger partial charge is 0.307 e. The number of carbonyl (C=O) groups excluding carboxylic acids is 1. The van der Waals surface area contributed by atoms with Crippen LogP contribution in [0.1, 0.15) is 19.3 Å². The molecular weight excluding hydrogens is 237 g/mol. The molecule has 0 spiro atoms. The highest BCUT2D eigenvalue weighted by molar-refractivity contribution is 5.95. The highest BCUT2D eigenvalue weighted by Crippen LogP contribution is 2.33. The highest BCUT2D eigenvalue weighted by atomic mass is 19.1. The second-order valence-electron chi connectivity index (χ2n) is 4.45. The zero-order valence-electron chi connectivity index (χ0n) is 9.73. The Morgan fingerprint density at radius 3 is 2.56 bits per heavy atom. The summed E-state index contributed by atoms with van der Waals surface area (Å²) in [5.74, 6) is -3.11. The minimum Gasteiger partial charge on any atom is -0.481 e. The van der Waals surface area contributed by atoms with Gasteiger partial charge in [-0.2, -0.15) is 0 Å². The van der Waals surface area contributed by atoms with Crippen LogP contribution in [0.3, 0.4) is 0 Å². The van der Waals surface area contributed by atoms with Gasteiger partial charge in [-0.15, -0.1) is 0 Å². The standard InChI is InChI=1S/C13H14FNO3/c14-10-6-1-2-7-11(10)15-12(16)8-4-3-5-9(8)13(17)18/h1-2,6-9H,3-5H2,(H,15,16)(H,17,18). The van der Waals surface area contributed by atoms with Gasteiger partial charge in [0.25, 0.3) is 0 Å². The molecule has 1 amide bonds. The Bertz CT molecular complexity index is 475. The van der Waals surface area contributed by atoms with Crippen molar-refractivity contribution in [3.8, 4) is 0 Å². The summed E-state index contributed by atoms with van der Waals surface area (Å²) in [7, 11) is 0. The van der Waals surface area contributed by atoms with Crippen molar-refractivity contribution in [1.29, 1.82) is 0 Å². The molecule has 0 radical (unpaired) electrons. The van der Waals surface area contributed by atoms with Crippen molar-refractivity contribution in [2.75, 3.05) is 5.32 Å². The number of carboxylic acid groups (broad SMARTS) is 1. The van der Waals surface area contributed by atoms with Gasteiger partial charge in [0, 0.05) is 0 Å². The van der Waals surface area contributed by atoms with Crippen molar-refractivity contribution in [3.05, 3.63) is 30.1 Å². The van der Waals surface area contributed by atoms with Crippen LogP contribution in [0.4, 0.5) is 10.1 Å². The van der Waals surface area contributed by atoms with E-state index in [9.17, 15) is 14.0 Å². The van der Waals surface area contributed by atoms with Crippen LogP contribution < -0.4 is 5.32 Å². The number of aliphatic carboxylic acids is 1. The van der Waals surface area contributed by atoms with Crippen molar-refractivity contribution in [3.63, 3.8) is 0 Å². The van der Waals surface area contributed by atoms with E-state index >= 15 is 0 Å². The molecule has 18 heavy (non-hydrogen) atoms. The van der Waals surface area contributed by atoms with Gasteiger partial charge in [-0.3, -0.25) is 9.59 Å². The maximum atomic E-state index is 13.4. The summed E-state index contributed by atoms with van der Waals surface area (Å²) in [6, 6.07) is 5.85. The molecule has 0 aliphatic heterocycles. The van der Waals surface area contributed by atoms with Gasteiger partial charge in [0.15, 0.2) is 0 Å². The van der Waals surface area contributed by atoms with Crippen LogP contribution in [-0.4, -0.2) is 17.0 Å². The van der Waals surface area contributed by atoms with E-state index in [4.69, 9.17) is 5.11 Å². The minimum atomic E-state index is -0.957. The Hall–Kier alpha value is -1.91. The number of halogens is 1. The number of hydrogen-bond acceptors (Lipinski definition) is 2. The molecule has 0 aromatic heterocycles. The van der Waals surface area contributed by atoms with Crippen LogP contribution in [0.5, 0.6) is 0 Å². The van der Waals surface area contributed by atoms with Crippen LogP contribution in [-0.2, 0) is 9.59 Å². The van der Waals surface area contributed by atoms with Gasteiger partial charge in [0.2, 0.25) is 5.91 Å². The number of rotatable bonds is 3. The van der Waals surface area contributed by atoms with Crippen LogP contribution >= 0.6 is 0 Å². The highest BCUT2D eigenvalue weighted by Gasteiger charge is 2.37. The molecule has 1 saturated carbocycles. The number of amides is 1. The summed E-state index contributed by atoms with van der Waals surface area (Å²) in [4.78, 5) is 22.9. The Morgan fingerprint density at radius 1 is 1.22 bits per heavy atom. The lowest BCUT2D eigenvalue weighted by atomic mass is 9.95. The van der Waals surface area contributed by atoms with Crippen molar-refractivity contribution in [1.82, 2.24) is 0 Å². The Labute approximate surface area is 104 Å². The van der Waals surface area contributed by atoms with E-state index in [1.807, 2.05) is 0 Å². The van der Waals surface area contributed by atoms with Gasteiger partial charge in [0.05, 0.1) is 17.5 Å². The van der Waals surface area contributed by atoms with Crippen LogP contribution in [0.25, 0.3) is 0 Å². The summed E-state index contributed by atoms with van der Waals surface area (Å²) >= 11 is 0. The molecular formula is C13H14FNO3. The Morgan fingerprint density at radius 2 is 1.89 bits per heavy atom. The zero-order valence-corrected chi connectivity index (χ0v) is 9.73. The van der Waals surface area contributed by atoms with Crippen molar-refractivity contribution in [2.45, 2.75) is 19.3 Å². The normalized spacial score (nSPS) is 22.7. The van der Waals surface area contributed by atoms with Gasteiger partial charge < -0.3 is 10.4 Å². The number of nitrogens with one attached hydrogen (secondary N) is 1. The first-order valence-corrected chi connectivity index (χ1v) is 5.88. The van der Waals surface area contributed by atoms with Gasteiger partial charge >= 0.3 is 5.97 Å². The Balaban J connectivity index is 2.08. The van der Waals surface area contributed by atoms with Gasteiger partial charge in [-0.1, -0.05) is 18.6 Å². The lowest BCUT2D eigenvalue weighted by Crippen LogP contribution is -2.30. The van der Waals surface area contributed by atoms with Gasteiger partial charge in [-0.25, -0.2) is 4.39 Å². The predicted octanol–water partition coefficient (Wildman–Crippen LogP) is 2.27. The molecule has 1 aliphatic rings. The second-order valence-corrected chi connectivity index (χ2v) is 4.45. The SMILES string of the molecule is O=C(O)C1CCCC1C(=O)Nc1ccccc1F. The molecule has 2 unspecified atom stereocenters. The minimum absolute atomic E-state index is 0.0959. The van der Waals surface area contributed by atoms with Crippen LogP contribution in [0.15, 0.2) is 24.3 Å². The van der Waals surface area contributed by atoms with Gasteiger partial charge in [0.1, 0.15) is 5.82 Å². The average molecular weight is 251 g/mol. The molecule has 2 N–H and O–H groups in total. The fourth-order valence-electron chi connectivity index (χ4n) is 2.36. The number of anilines is 1. The topological polar surface area (TPSA) is 66.4 Å². The molecule has 1 aromatic carbocycles. The zero-order chi connectivity index (χ0) is 13.1. The van der Waals surface area contributed by atoms with E-state index < -0.39 is 29.5 Å². The number of benzene rings is 1. The summed E-state index contributed by atoms with van der Waals surface area (Å²) < 4.78 is 13.4. The van der Waals surface area contributed by atoms with E-state index in [1.54, 1.807) is 6.07 Å². The summed E-state index contributed by atoms with van der Waals surface area (Å²) in [5, 5.41) is 11.5. The molecule has 0 bridgehead atoms. The fourth-order valence-corrected chi connectivity index (χ4v) is 2.36. The van der Waals surface area contributed by atoms with Crippen LogP contribution in [0.2, 0.25) is 0 Å².